The molecule has 6 aromatic rings. The van der Waals surface area contributed by atoms with Crippen molar-refractivity contribution in [3.8, 4) is 45.5 Å². The number of ether oxygens (including phenoxy) is 1. The Bertz CT molecular complexity index is 1820. The van der Waals surface area contributed by atoms with Gasteiger partial charge in [-0.3, -0.25) is 0 Å². The molecular weight excluding hydrogens is 475 g/mol. The third kappa shape index (κ3) is 4.10. The van der Waals surface area contributed by atoms with Gasteiger partial charge in [-0.25, -0.2) is 14.3 Å². The quantitative estimate of drug-likeness (QED) is 0.306. The van der Waals surface area contributed by atoms with Gasteiger partial charge < -0.3 is 14.8 Å². The van der Waals surface area contributed by atoms with Crippen molar-refractivity contribution in [2.45, 2.75) is 6.92 Å². The van der Waals surface area contributed by atoms with Gasteiger partial charge in [-0.2, -0.15) is 9.67 Å². The van der Waals surface area contributed by atoms with Crippen LogP contribution in [-0.4, -0.2) is 35.3 Å². The minimum absolute atomic E-state index is 0.0515. The summed E-state index contributed by atoms with van der Waals surface area (Å²) in [7, 11) is 0. The summed E-state index contributed by atoms with van der Waals surface area (Å²) in [5, 5.41) is 20.1. The van der Waals surface area contributed by atoms with Gasteiger partial charge in [-0.05, 0) is 52.2 Å². The number of aromatic amines is 2. The number of phenolic OH excluding ortho intramolecular Hbond substituents is 1. The smallest absolute Gasteiger partial charge is 0.365 e. The summed E-state index contributed by atoms with van der Waals surface area (Å²) >= 11 is 0. The predicted molar refractivity (Wildman–Crippen MR) is 135 cm³/mol. The number of benzene rings is 4. The molecule has 0 unspecified atom stereocenters. The number of aromatic nitrogens is 6. The number of halogens is 1. The van der Waals surface area contributed by atoms with Crippen molar-refractivity contribution >= 4 is 11.0 Å². The van der Waals surface area contributed by atoms with Crippen LogP contribution in [0.5, 0.6) is 17.5 Å². The van der Waals surface area contributed by atoms with Crippen molar-refractivity contribution in [3.05, 3.63) is 101 Å². The number of aryl methyl sites for hydroxylation is 1. The fourth-order valence-electron chi connectivity index (χ4n) is 4.19. The number of tetrazole rings is 1. The van der Waals surface area contributed by atoms with Crippen molar-refractivity contribution in [3.63, 3.8) is 0 Å². The maximum Gasteiger partial charge on any atom is 0.365 e. The van der Waals surface area contributed by atoms with Crippen LogP contribution < -0.4 is 10.4 Å². The number of hydrogen-bond donors (Lipinski definition) is 3. The van der Waals surface area contributed by atoms with Crippen molar-refractivity contribution in [2.75, 3.05) is 0 Å². The normalized spacial score (nSPS) is 11.2. The lowest BCUT2D eigenvalue weighted by molar-refractivity contribution is 0.449. The number of aromatic hydroxyl groups is 1. The lowest BCUT2D eigenvalue weighted by atomic mass is 9.98. The number of H-pyrrole nitrogens is 2. The van der Waals surface area contributed by atoms with Crippen LogP contribution in [0.3, 0.4) is 0 Å². The van der Waals surface area contributed by atoms with E-state index in [1.807, 2.05) is 37.3 Å². The standard InChI is InChI=1S/C27H19FN6O3/c1-15-7-9-18(12-24(15)34-27(36)31-32-33-34)37-26-29-22-13-20(21(28)14-23(22)30-26)17-8-10-19(25(35)11-17)16-5-3-2-4-6-16/h2-14,35H,1H3,(H,29,30)(H,31,33,36). The zero-order valence-electron chi connectivity index (χ0n) is 19.4. The van der Waals surface area contributed by atoms with E-state index in [1.54, 1.807) is 36.4 Å². The molecule has 0 radical (unpaired) electrons. The van der Waals surface area contributed by atoms with E-state index < -0.39 is 11.5 Å². The summed E-state index contributed by atoms with van der Waals surface area (Å²) < 4.78 is 22.1. The second-order valence-corrected chi connectivity index (χ2v) is 8.46. The Kier molecular flexibility index (Phi) is 5.26. The van der Waals surface area contributed by atoms with E-state index in [9.17, 15) is 9.90 Å². The number of hydrogen-bond acceptors (Lipinski definition) is 6. The molecule has 0 fully saturated rings. The molecule has 37 heavy (non-hydrogen) atoms. The fourth-order valence-corrected chi connectivity index (χ4v) is 4.19. The molecule has 3 N–H and O–H groups in total. The van der Waals surface area contributed by atoms with Crippen LogP contribution >= 0.6 is 0 Å². The summed E-state index contributed by atoms with van der Waals surface area (Å²) in [5.41, 5.74) is 4.08. The summed E-state index contributed by atoms with van der Waals surface area (Å²) in [6, 6.07) is 22.7. The monoisotopic (exact) mass is 494 g/mol. The largest absolute Gasteiger partial charge is 0.507 e. The summed E-state index contributed by atoms with van der Waals surface area (Å²) in [5.74, 6) is -0.0232. The first-order valence-corrected chi connectivity index (χ1v) is 11.3. The second-order valence-electron chi connectivity index (χ2n) is 8.46. The Morgan fingerprint density at radius 3 is 2.54 bits per heavy atom. The van der Waals surface area contributed by atoms with E-state index in [1.165, 1.54) is 12.1 Å². The molecule has 0 spiro atoms. The topological polar surface area (TPSA) is 122 Å². The van der Waals surface area contributed by atoms with Gasteiger partial charge in [0.05, 0.1) is 16.7 Å². The molecule has 0 saturated carbocycles. The number of imidazole rings is 1. The van der Waals surface area contributed by atoms with Crippen LogP contribution in [0, 0.1) is 12.7 Å². The molecule has 182 valence electrons. The Labute approximate surface area is 208 Å². The highest BCUT2D eigenvalue weighted by Crippen LogP contribution is 2.35. The van der Waals surface area contributed by atoms with Crippen molar-refractivity contribution in [2.24, 2.45) is 0 Å². The molecule has 0 aliphatic heterocycles. The van der Waals surface area contributed by atoms with Crippen molar-refractivity contribution < 1.29 is 14.2 Å². The number of fused-ring (bicyclic) bond motifs is 1. The third-order valence-corrected chi connectivity index (χ3v) is 6.04. The molecule has 0 saturated heterocycles. The van der Waals surface area contributed by atoms with Crippen LogP contribution in [0.1, 0.15) is 5.56 Å². The van der Waals surface area contributed by atoms with Crippen LogP contribution in [0.4, 0.5) is 4.39 Å². The highest BCUT2D eigenvalue weighted by atomic mass is 19.1. The summed E-state index contributed by atoms with van der Waals surface area (Å²) in [6.07, 6.45) is 0. The minimum atomic E-state index is -0.477. The van der Waals surface area contributed by atoms with Gasteiger partial charge in [-0.15, -0.1) is 0 Å². The number of nitrogens with one attached hydrogen (secondary N) is 2. The lowest BCUT2D eigenvalue weighted by Gasteiger charge is -2.09. The van der Waals surface area contributed by atoms with E-state index >= 15 is 4.39 Å². The molecule has 0 bridgehead atoms. The molecule has 0 aliphatic rings. The zero-order chi connectivity index (χ0) is 25.5. The molecule has 6 rings (SSSR count). The molecule has 4 aromatic carbocycles. The second kappa shape index (κ2) is 8.76. The van der Waals surface area contributed by atoms with Gasteiger partial charge in [0.15, 0.2) is 0 Å². The molecule has 0 atom stereocenters. The van der Waals surface area contributed by atoms with Gasteiger partial charge >= 0.3 is 5.69 Å². The molecule has 0 amide bonds. The van der Waals surface area contributed by atoms with Crippen LogP contribution in [0.15, 0.2) is 83.7 Å². The van der Waals surface area contributed by atoms with E-state index in [0.717, 1.165) is 15.8 Å². The van der Waals surface area contributed by atoms with E-state index in [4.69, 9.17) is 4.74 Å². The van der Waals surface area contributed by atoms with Gasteiger partial charge in [0.1, 0.15) is 17.3 Å². The summed E-state index contributed by atoms with van der Waals surface area (Å²) in [6.45, 7) is 1.83. The van der Waals surface area contributed by atoms with Crippen molar-refractivity contribution in [1.82, 2.24) is 30.2 Å². The Morgan fingerprint density at radius 2 is 1.78 bits per heavy atom. The number of rotatable bonds is 5. The first kappa shape index (κ1) is 22.2. The number of phenols is 1. The summed E-state index contributed by atoms with van der Waals surface area (Å²) in [4.78, 5) is 19.3. The molecule has 2 aromatic heterocycles. The maximum absolute atomic E-state index is 15.1. The molecule has 2 heterocycles. The molecule has 10 heteroatoms. The first-order valence-electron chi connectivity index (χ1n) is 11.3. The Balaban J connectivity index is 1.32. The highest BCUT2D eigenvalue weighted by Gasteiger charge is 2.15. The Hall–Kier alpha value is -5.25. The average molecular weight is 494 g/mol. The SMILES string of the molecule is Cc1ccc(Oc2nc3cc(-c4ccc(-c5ccccc5)c(O)c4)c(F)cc3[nH]2)cc1-n1nn[nH]c1=O. The third-order valence-electron chi connectivity index (χ3n) is 6.04. The lowest BCUT2D eigenvalue weighted by Crippen LogP contribution is -2.17. The van der Waals surface area contributed by atoms with E-state index in [0.29, 0.717) is 39.2 Å². The van der Waals surface area contributed by atoms with Crippen molar-refractivity contribution in [1.29, 1.82) is 0 Å². The van der Waals surface area contributed by atoms with Crippen LogP contribution in [-0.2, 0) is 0 Å². The predicted octanol–water partition coefficient (Wildman–Crippen LogP) is 5.11. The maximum atomic E-state index is 15.1. The minimum Gasteiger partial charge on any atom is -0.507 e. The van der Waals surface area contributed by atoms with E-state index in [-0.39, 0.29) is 11.8 Å². The van der Waals surface area contributed by atoms with Gasteiger partial charge in [0.2, 0.25) is 0 Å². The average Bonchev–Trinajstić information content (AvgIpc) is 3.50. The van der Waals surface area contributed by atoms with Gasteiger partial charge in [0.25, 0.3) is 6.01 Å². The number of nitrogens with zero attached hydrogens (tertiary/aromatic N) is 4. The Morgan fingerprint density at radius 1 is 0.946 bits per heavy atom. The molecular formula is C27H19FN6O3. The zero-order valence-corrected chi connectivity index (χ0v) is 19.4. The van der Waals surface area contributed by atoms with Crippen LogP contribution in [0.25, 0.3) is 39.0 Å². The first-order chi connectivity index (χ1) is 18.0. The molecule has 9 nitrogen and oxygen atoms in total. The van der Waals surface area contributed by atoms with Crippen LogP contribution in [0.2, 0.25) is 0 Å². The van der Waals surface area contributed by atoms with Gasteiger partial charge in [0, 0.05) is 23.3 Å². The van der Waals surface area contributed by atoms with Gasteiger partial charge in [-0.1, -0.05) is 48.5 Å². The highest BCUT2D eigenvalue weighted by molar-refractivity contribution is 5.84. The van der Waals surface area contributed by atoms with E-state index in [2.05, 4.69) is 25.5 Å². The fraction of sp³-hybridized carbons (Fsp3) is 0.0370. The molecule has 0 aliphatic carbocycles.